The average molecular weight is 259 g/mol. The fraction of sp³-hybridized carbons (Fsp3) is 0.643. The van der Waals surface area contributed by atoms with Crippen molar-refractivity contribution in [3.8, 4) is 11.4 Å². The van der Waals surface area contributed by atoms with Crippen LogP contribution in [-0.4, -0.2) is 25.0 Å². The molecule has 19 heavy (non-hydrogen) atoms. The zero-order chi connectivity index (χ0) is 13.4. The minimum atomic E-state index is 0.562. The van der Waals surface area contributed by atoms with Gasteiger partial charge in [0.05, 0.1) is 11.3 Å². The molecule has 0 unspecified atom stereocenters. The molecule has 102 valence electrons. The van der Waals surface area contributed by atoms with Crippen LogP contribution in [0.5, 0.6) is 0 Å². The van der Waals surface area contributed by atoms with Crippen LogP contribution in [0.3, 0.4) is 0 Å². The predicted molar refractivity (Wildman–Crippen MR) is 73.9 cm³/mol. The third-order valence-electron chi connectivity index (χ3n) is 4.23. The molecule has 2 aromatic rings. The zero-order valence-electron chi connectivity index (χ0n) is 11.9. The highest BCUT2D eigenvalue weighted by molar-refractivity contribution is 5.60. The summed E-state index contributed by atoms with van der Waals surface area (Å²) in [5.74, 6) is 2.41. The van der Waals surface area contributed by atoms with Crippen molar-refractivity contribution in [1.29, 1.82) is 0 Å². The second kappa shape index (κ2) is 4.79. The van der Waals surface area contributed by atoms with Gasteiger partial charge in [-0.3, -0.25) is 9.78 Å². The Labute approximate surface area is 113 Å². The van der Waals surface area contributed by atoms with E-state index in [-0.39, 0.29) is 0 Å². The molecule has 5 heteroatoms. The van der Waals surface area contributed by atoms with Crippen LogP contribution in [0, 0.1) is 13.8 Å². The van der Waals surface area contributed by atoms with E-state index >= 15 is 0 Å². The number of nitrogens with one attached hydrogen (secondary N) is 1. The molecule has 0 spiro atoms. The van der Waals surface area contributed by atoms with Crippen LogP contribution >= 0.6 is 0 Å². The first kappa shape index (κ1) is 12.4. The number of hydrogen-bond donors (Lipinski definition) is 1. The van der Waals surface area contributed by atoms with Crippen LogP contribution in [0.1, 0.15) is 55.2 Å². The zero-order valence-corrected chi connectivity index (χ0v) is 11.9. The van der Waals surface area contributed by atoms with Crippen LogP contribution in [0.25, 0.3) is 11.4 Å². The van der Waals surface area contributed by atoms with Gasteiger partial charge in [-0.15, -0.1) is 0 Å². The van der Waals surface area contributed by atoms with E-state index in [1.165, 1.54) is 32.1 Å². The molecular weight excluding hydrogens is 238 g/mol. The molecule has 0 aromatic carbocycles. The van der Waals surface area contributed by atoms with E-state index in [1.54, 1.807) is 0 Å². The Morgan fingerprint density at radius 1 is 1.16 bits per heavy atom. The Morgan fingerprint density at radius 2 is 1.89 bits per heavy atom. The lowest BCUT2D eigenvalue weighted by atomic mass is 9.89. The predicted octanol–water partition coefficient (Wildman–Crippen LogP) is 2.87. The first-order valence-corrected chi connectivity index (χ1v) is 7.09. The van der Waals surface area contributed by atoms with Gasteiger partial charge in [0, 0.05) is 18.7 Å². The number of aromatic amines is 1. The molecule has 1 fully saturated rings. The minimum Gasteiger partial charge on any atom is -0.272 e. The smallest absolute Gasteiger partial charge is 0.184 e. The Kier molecular flexibility index (Phi) is 3.12. The summed E-state index contributed by atoms with van der Waals surface area (Å²) in [6.45, 7) is 4.07. The number of aromatic nitrogens is 5. The average Bonchev–Trinajstić information content (AvgIpc) is 2.97. The Morgan fingerprint density at radius 3 is 2.53 bits per heavy atom. The van der Waals surface area contributed by atoms with Crippen molar-refractivity contribution in [2.45, 2.75) is 51.9 Å². The summed E-state index contributed by atoms with van der Waals surface area (Å²) in [4.78, 5) is 4.72. The van der Waals surface area contributed by atoms with Gasteiger partial charge in [-0.2, -0.15) is 10.2 Å². The summed E-state index contributed by atoms with van der Waals surface area (Å²) in [6.07, 6.45) is 6.45. The molecule has 0 bridgehead atoms. The van der Waals surface area contributed by atoms with E-state index in [0.29, 0.717) is 5.92 Å². The van der Waals surface area contributed by atoms with Gasteiger partial charge in [0.25, 0.3) is 0 Å². The summed E-state index contributed by atoms with van der Waals surface area (Å²) < 4.78 is 1.89. The summed E-state index contributed by atoms with van der Waals surface area (Å²) in [7, 11) is 1.96. The normalized spacial score (nSPS) is 17.0. The topological polar surface area (TPSA) is 59.4 Å². The van der Waals surface area contributed by atoms with Crippen LogP contribution < -0.4 is 0 Å². The Bertz CT molecular complexity index is 575. The van der Waals surface area contributed by atoms with Crippen molar-refractivity contribution in [3.63, 3.8) is 0 Å². The standard InChI is InChI=1S/C14H21N5/c1-9-12(10(2)19(3)18-9)14-15-13(16-17-14)11-7-5-4-6-8-11/h11H,4-8H2,1-3H3,(H,15,16,17). The third kappa shape index (κ3) is 2.17. The minimum absolute atomic E-state index is 0.562. The SMILES string of the molecule is Cc1nn(C)c(C)c1-c1n[nH]c(C2CCCCC2)n1. The van der Waals surface area contributed by atoms with Gasteiger partial charge in [0.2, 0.25) is 0 Å². The van der Waals surface area contributed by atoms with E-state index in [4.69, 9.17) is 4.98 Å². The van der Waals surface area contributed by atoms with Crippen molar-refractivity contribution in [2.24, 2.45) is 7.05 Å². The van der Waals surface area contributed by atoms with Gasteiger partial charge in [0.15, 0.2) is 5.82 Å². The van der Waals surface area contributed by atoms with E-state index in [1.807, 2.05) is 18.7 Å². The first-order chi connectivity index (χ1) is 9.16. The van der Waals surface area contributed by atoms with E-state index in [0.717, 1.165) is 28.6 Å². The van der Waals surface area contributed by atoms with E-state index in [2.05, 4.69) is 22.2 Å². The number of nitrogens with zero attached hydrogens (tertiary/aromatic N) is 4. The van der Waals surface area contributed by atoms with Crippen molar-refractivity contribution in [1.82, 2.24) is 25.0 Å². The maximum absolute atomic E-state index is 4.72. The molecule has 5 nitrogen and oxygen atoms in total. The maximum atomic E-state index is 4.72. The second-order valence-electron chi connectivity index (χ2n) is 5.55. The van der Waals surface area contributed by atoms with Crippen LogP contribution in [0.2, 0.25) is 0 Å². The molecular formula is C14H21N5. The molecule has 0 amide bonds. The van der Waals surface area contributed by atoms with Crippen LogP contribution in [-0.2, 0) is 7.05 Å². The van der Waals surface area contributed by atoms with Gasteiger partial charge in [0.1, 0.15) is 5.82 Å². The van der Waals surface area contributed by atoms with Crippen molar-refractivity contribution >= 4 is 0 Å². The third-order valence-corrected chi connectivity index (χ3v) is 4.23. The fourth-order valence-corrected chi connectivity index (χ4v) is 3.04. The first-order valence-electron chi connectivity index (χ1n) is 7.09. The fourth-order valence-electron chi connectivity index (χ4n) is 3.04. The Balaban J connectivity index is 1.92. The molecule has 1 N–H and O–H groups in total. The van der Waals surface area contributed by atoms with Crippen LogP contribution in [0.15, 0.2) is 0 Å². The van der Waals surface area contributed by atoms with E-state index < -0.39 is 0 Å². The molecule has 1 aliphatic rings. The number of rotatable bonds is 2. The number of H-pyrrole nitrogens is 1. The van der Waals surface area contributed by atoms with Gasteiger partial charge < -0.3 is 0 Å². The Hall–Kier alpha value is -1.65. The highest BCUT2D eigenvalue weighted by Crippen LogP contribution is 2.32. The lowest BCUT2D eigenvalue weighted by Crippen LogP contribution is -2.06. The molecule has 0 saturated heterocycles. The molecule has 0 radical (unpaired) electrons. The molecule has 2 aromatic heterocycles. The van der Waals surface area contributed by atoms with Gasteiger partial charge in [-0.1, -0.05) is 19.3 Å². The summed E-state index contributed by atoms with van der Waals surface area (Å²) in [5.41, 5.74) is 3.18. The summed E-state index contributed by atoms with van der Waals surface area (Å²) in [6, 6.07) is 0. The molecule has 3 rings (SSSR count). The molecule has 1 aliphatic carbocycles. The quantitative estimate of drug-likeness (QED) is 0.902. The second-order valence-corrected chi connectivity index (χ2v) is 5.55. The maximum Gasteiger partial charge on any atom is 0.184 e. The van der Waals surface area contributed by atoms with Crippen molar-refractivity contribution < 1.29 is 0 Å². The van der Waals surface area contributed by atoms with Crippen molar-refractivity contribution in [3.05, 3.63) is 17.2 Å². The molecule has 0 aliphatic heterocycles. The number of aryl methyl sites for hydroxylation is 2. The lowest BCUT2D eigenvalue weighted by molar-refractivity contribution is 0.429. The summed E-state index contributed by atoms with van der Waals surface area (Å²) in [5, 5.41) is 12.0. The van der Waals surface area contributed by atoms with Gasteiger partial charge in [-0.05, 0) is 26.7 Å². The molecule has 0 atom stereocenters. The van der Waals surface area contributed by atoms with Crippen LogP contribution in [0.4, 0.5) is 0 Å². The van der Waals surface area contributed by atoms with Crippen molar-refractivity contribution in [2.75, 3.05) is 0 Å². The summed E-state index contributed by atoms with van der Waals surface area (Å²) >= 11 is 0. The molecule has 1 saturated carbocycles. The lowest BCUT2D eigenvalue weighted by Gasteiger charge is -2.18. The monoisotopic (exact) mass is 259 g/mol. The van der Waals surface area contributed by atoms with E-state index in [9.17, 15) is 0 Å². The highest BCUT2D eigenvalue weighted by Gasteiger charge is 2.21. The number of hydrogen-bond acceptors (Lipinski definition) is 3. The molecule has 2 heterocycles. The largest absolute Gasteiger partial charge is 0.272 e. The van der Waals surface area contributed by atoms with Gasteiger partial charge in [-0.25, -0.2) is 4.98 Å². The van der Waals surface area contributed by atoms with Gasteiger partial charge >= 0.3 is 0 Å². The highest BCUT2D eigenvalue weighted by atomic mass is 15.3.